The second-order valence-corrected chi connectivity index (χ2v) is 7.04. The van der Waals surface area contributed by atoms with E-state index in [1.54, 1.807) is 7.11 Å². The number of hydrogen-bond acceptors (Lipinski definition) is 4. The summed E-state index contributed by atoms with van der Waals surface area (Å²) in [6.45, 7) is 3.81. The Morgan fingerprint density at radius 3 is 2.70 bits per heavy atom. The molecule has 1 aromatic heterocycles. The van der Waals surface area contributed by atoms with Crippen LogP contribution < -0.4 is 9.54 Å². The molecular formula is C21H24N2O3S. The summed E-state index contributed by atoms with van der Waals surface area (Å²) >= 11 is 1.50. The van der Waals surface area contributed by atoms with E-state index in [2.05, 4.69) is 4.99 Å². The minimum Gasteiger partial charge on any atom is -0.495 e. The fourth-order valence-corrected chi connectivity index (χ4v) is 4.00. The summed E-state index contributed by atoms with van der Waals surface area (Å²) in [4.78, 5) is 17.5. The van der Waals surface area contributed by atoms with Crippen molar-refractivity contribution in [3.8, 4) is 5.75 Å². The summed E-state index contributed by atoms with van der Waals surface area (Å²) in [6, 6.07) is 15.9. The van der Waals surface area contributed by atoms with Crippen molar-refractivity contribution in [1.82, 2.24) is 4.57 Å². The van der Waals surface area contributed by atoms with Gasteiger partial charge in [0.15, 0.2) is 4.80 Å². The van der Waals surface area contributed by atoms with Crippen molar-refractivity contribution in [3.63, 3.8) is 0 Å². The number of aryl methyl sites for hydroxylation is 1. The Morgan fingerprint density at radius 1 is 1.15 bits per heavy atom. The van der Waals surface area contributed by atoms with Crippen LogP contribution in [0.25, 0.3) is 10.2 Å². The molecule has 5 nitrogen and oxygen atoms in total. The predicted molar refractivity (Wildman–Crippen MR) is 108 cm³/mol. The van der Waals surface area contributed by atoms with Crippen molar-refractivity contribution in [2.24, 2.45) is 4.99 Å². The highest BCUT2D eigenvalue weighted by atomic mass is 32.1. The molecule has 0 atom stereocenters. The van der Waals surface area contributed by atoms with Crippen LogP contribution in [-0.2, 0) is 22.5 Å². The lowest BCUT2D eigenvalue weighted by Gasteiger charge is -2.08. The second-order valence-electron chi connectivity index (χ2n) is 6.03. The number of hydrogen-bond donors (Lipinski definition) is 0. The maximum Gasteiger partial charge on any atom is 0.248 e. The van der Waals surface area contributed by atoms with E-state index in [0.717, 1.165) is 21.5 Å². The maximum atomic E-state index is 12.5. The smallest absolute Gasteiger partial charge is 0.248 e. The summed E-state index contributed by atoms with van der Waals surface area (Å²) in [5.74, 6) is 0.660. The molecule has 0 saturated carbocycles. The molecule has 2 aromatic carbocycles. The largest absolute Gasteiger partial charge is 0.495 e. The van der Waals surface area contributed by atoms with Gasteiger partial charge >= 0.3 is 0 Å². The van der Waals surface area contributed by atoms with Gasteiger partial charge in [0.05, 0.1) is 18.4 Å². The van der Waals surface area contributed by atoms with Crippen LogP contribution in [0.5, 0.6) is 5.75 Å². The monoisotopic (exact) mass is 384 g/mol. The van der Waals surface area contributed by atoms with Gasteiger partial charge in [-0.1, -0.05) is 47.7 Å². The molecule has 0 unspecified atom stereocenters. The van der Waals surface area contributed by atoms with Crippen molar-refractivity contribution < 1.29 is 14.3 Å². The highest BCUT2D eigenvalue weighted by Crippen LogP contribution is 2.27. The number of carbonyl (C=O) groups is 1. The van der Waals surface area contributed by atoms with Gasteiger partial charge in [-0.25, -0.2) is 0 Å². The summed E-state index contributed by atoms with van der Waals surface area (Å²) < 4.78 is 14.1. The zero-order valence-electron chi connectivity index (χ0n) is 15.7. The Hall–Kier alpha value is -2.44. The van der Waals surface area contributed by atoms with E-state index in [4.69, 9.17) is 9.47 Å². The number of rotatable bonds is 8. The Balaban J connectivity index is 1.90. The number of carbonyl (C=O) groups excluding carboxylic acids is 1. The first-order chi connectivity index (χ1) is 13.2. The zero-order valence-corrected chi connectivity index (χ0v) is 16.5. The number of ether oxygens (including phenoxy) is 2. The molecule has 0 N–H and O–H groups in total. The van der Waals surface area contributed by atoms with Gasteiger partial charge in [-0.15, -0.1) is 0 Å². The topological polar surface area (TPSA) is 52.8 Å². The van der Waals surface area contributed by atoms with Crippen LogP contribution in [0.3, 0.4) is 0 Å². The predicted octanol–water partition coefficient (Wildman–Crippen LogP) is 3.81. The fourth-order valence-electron chi connectivity index (χ4n) is 2.91. The normalized spacial score (nSPS) is 11.9. The lowest BCUT2D eigenvalue weighted by Crippen LogP contribution is -2.20. The molecule has 0 aliphatic rings. The van der Waals surface area contributed by atoms with Crippen LogP contribution in [0.2, 0.25) is 0 Å². The molecule has 0 saturated heterocycles. The molecule has 1 amide bonds. The highest BCUT2D eigenvalue weighted by molar-refractivity contribution is 7.16. The first-order valence-corrected chi connectivity index (χ1v) is 9.90. The van der Waals surface area contributed by atoms with E-state index in [1.165, 1.54) is 11.3 Å². The van der Waals surface area contributed by atoms with Gasteiger partial charge < -0.3 is 14.0 Å². The van der Waals surface area contributed by atoms with Crippen LogP contribution in [0, 0.1) is 0 Å². The van der Waals surface area contributed by atoms with Gasteiger partial charge in [0.1, 0.15) is 11.3 Å². The average molecular weight is 385 g/mol. The number of methoxy groups -OCH3 is 1. The lowest BCUT2D eigenvalue weighted by molar-refractivity contribution is -0.118. The SMILES string of the molecule is CCOCCn1c(=NC(=O)CCc2ccccc2)sc2cccc(OC)c21. The molecule has 0 spiro atoms. The molecule has 0 radical (unpaired) electrons. The Bertz CT molecular complexity index is 960. The second kappa shape index (κ2) is 9.48. The lowest BCUT2D eigenvalue weighted by atomic mass is 10.1. The van der Waals surface area contributed by atoms with Crippen molar-refractivity contribution in [3.05, 3.63) is 58.9 Å². The summed E-state index contributed by atoms with van der Waals surface area (Å²) in [6.07, 6.45) is 1.08. The van der Waals surface area contributed by atoms with E-state index in [-0.39, 0.29) is 5.91 Å². The molecule has 0 fully saturated rings. The van der Waals surface area contributed by atoms with Gasteiger partial charge in [-0.05, 0) is 31.0 Å². The summed E-state index contributed by atoms with van der Waals surface area (Å²) in [5.41, 5.74) is 2.10. The third kappa shape index (κ3) is 4.84. The van der Waals surface area contributed by atoms with E-state index in [9.17, 15) is 4.79 Å². The number of benzene rings is 2. The molecule has 0 aliphatic carbocycles. The molecule has 0 aliphatic heterocycles. The third-order valence-corrected chi connectivity index (χ3v) is 5.28. The summed E-state index contributed by atoms with van der Waals surface area (Å²) in [5, 5.41) is 0. The van der Waals surface area contributed by atoms with Gasteiger partial charge in [-0.3, -0.25) is 4.79 Å². The van der Waals surface area contributed by atoms with Gasteiger partial charge in [-0.2, -0.15) is 4.99 Å². The Labute approximate surface area is 162 Å². The number of nitrogens with zero attached hydrogens (tertiary/aromatic N) is 2. The van der Waals surface area contributed by atoms with Crippen LogP contribution >= 0.6 is 11.3 Å². The van der Waals surface area contributed by atoms with Crippen LogP contribution in [0.15, 0.2) is 53.5 Å². The molecule has 6 heteroatoms. The van der Waals surface area contributed by atoms with Crippen molar-refractivity contribution in [1.29, 1.82) is 0 Å². The minimum absolute atomic E-state index is 0.116. The van der Waals surface area contributed by atoms with Crippen LogP contribution in [0.4, 0.5) is 0 Å². The highest BCUT2D eigenvalue weighted by Gasteiger charge is 2.12. The number of thiazole rings is 1. The number of amides is 1. The Kier molecular flexibility index (Phi) is 6.79. The van der Waals surface area contributed by atoms with E-state index in [0.29, 0.717) is 37.4 Å². The molecule has 3 aromatic rings. The zero-order chi connectivity index (χ0) is 19.1. The number of fused-ring (bicyclic) bond motifs is 1. The molecule has 0 bridgehead atoms. The van der Waals surface area contributed by atoms with E-state index >= 15 is 0 Å². The standard InChI is InChI=1S/C21H24N2O3S/c1-3-26-15-14-23-20-17(25-2)10-7-11-18(20)27-21(23)22-19(24)13-12-16-8-5-4-6-9-16/h4-11H,3,12-15H2,1-2H3. The van der Waals surface area contributed by atoms with Gasteiger partial charge in [0, 0.05) is 19.6 Å². The first kappa shape index (κ1) is 19.3. The maximum absolute atomic E-state index is 12.5. The van der Waals surface area contributed by atoms with Crippen LogP contribution in [0.1, 0.15) is 18.9 Å². The average Bonchev–Trinajstić information content (AvgIpc) is 3.04. The molecule has 3 rings (SSSR count). The van der Waals surface area contributed by atoms with Crippen molar-refractivity contribution in [2.45, 2.75) is 26.3 Å². The number of aromatic nitrogens is 1. The van der Waals surface area contributed by atoms with Gasteiger partial charge in [0.25, 0.3) is 0 Å². The van der Waals surface area contributed by atoms with E-state index < -0.39 is 0 Å². The quantitative estimate of drug-likeness (QED) is 0.555. The van der Waals surface area contributed by atoms with Crippen molar-refractivity contribution in [2.75, 3.05) is 20.3 Å². The molecule has 1 heterocycles. The summed E-state index contributed by atoms with van der Waals surface area (Å²) in [7, 11) is 1.65. The van der Waals surface area contributed by atoms with Crippen molar-refractivity contribution >= 4 is 27.5 Å². The molecular weight excluding hydrogens is 360 g/mol. The Morgan fingerprint density at radius 2 is 1.96 bits per heavy atom. The van der Waals surface area contributed by atoms with Crippen LogP contribution in [-0.4, -0.2) is 30.8 Å². The molecule has 27 heavy (non-hydrogen) atoms. The fraction of sp³-hybridized carbons (Fsp3) is 0.333. The molecule has 142 valence electrons. The minimum atomic E-state index is -0.116. The number of para-hydroxylation sites is 1. The van der Waals surface area contributed by atoms with E-state index in [1.807, 2.05) is 60.0 Å². The third-order valence-electron chi connectivity index (χ3n) is 4.24. The van der Waals surface area contributed by atoms with Gasteiger partial charge in [0.2, 0.25) is 5.91 Å². The first-order valence-electron chi connectivity index (χ1n) is 9.08.